The molecule has 4 nitrogen and oxygen atoms in total. The SMILES string of the molecule is C.CCCCN(CCCC)c1ccc([N+](=C2C=CC(=[N+](CCCC)CCCC)C=C2)c2ccc(N(c3ccc(C)cc3)c3ccc(C)cc3)cc2)cc1. The maximum atomic E-state index is 2.57. The molecule has 280 valence electrons. The molecule has 0 radical (unpaired) electrons. The van der Waals surface area contributed by atoms with Gasteiger partial charge in [0, 0.05) is 97.3 Å². The van der Waals surface area contributed by atoms with Gasteiger partial charge in [0.15, 0.2) is 5.71 Å². The van der Waals surface area contributed by atoms with Crippen LogP contribution in [0.15, 0.2) is 121 Å². The fraction of sp³-hybridized carbons (Fsp3) is 0.388. The predicted octanol–water partition coefficient (Wildman–Crippen LogP) is 13.3. The van der Waals surface area contributed by atoms with Crippen LogP contribution in [0, 0.1) is 13.8 Å². The first-order chi connectivity index (χ1) is 25.4. The van der Waals surface area contributed by atoms with Crippen molar-refractivity contribution in [3.63, 3.8) is 0 Å². The van der Waals surface area contributed by atoms with Gasteiger partial charge in [-0.3, -0.25) is 0 Å². The summed E-state index contributed by atoms with van der Waals surface area (Å²) in [6.07, 6.45) is 19.0. The van der Waals surface area contributed by atoms with Gasteiger partial charge in [-0.1, -0.05) is 96.2 Å². The molecule has 4 aromatic carbocycles. The van der Waals surface area contributed by atoms with E-state index in [0.29, 0.717) is 0 Å². The van der Waals surface area contributed by atoms with Crippen LogP contribution in [0.25, 0.3) is 0 Å². The van der Waals surface area contributed by atoms with Crippen LogP contribution in [-0.4, -0.2) is 42.2 Å². The molecule has 0 aliphatic heterocycles. The number of benzene rings is 4. The summed E-state index contributed by atoms with van der Waals surface area (Å²) in [4.78, 5) is 4.91. The number of unbranched alkanes of at least 4 members (excludes halogenated alkanes) is 4. The van der Waals surface area contributed by atoms with Crippen LogP contribution in [-0.2, 0) is 0 Å². The quantitative estimate of drug-likeness (QED) is 0.0753. The first-order valence-corrected chi connectivity index (χ1v) is 20.0. The van der Waals surface area contributed by atoms with Crippen molar-refractivity contribution in [3.05, 3.63) is 132 Å². The summed E-state index contributed by atoms with van der Waals surface area (Å²) < 4.78 is 4.97. The molecule has 0 saturated carbocycles. The van der Waals surface area contributed by atoms with Crippen LogP contribution < -0.4 is 14.4 Å². The monoisotopic (exact) mass is 711 g/mol. The zero-order valence-corrected chi connectivity index (χ0v) is 32.8. The molecule has 0 saturated heterocycles. The summed E-state index contributed by atoms with van der Waals surface area (Å²) in [5.41, 5.74) is 12.0. The third-order valence-corrected chi connectivity index (χ3v) is 10.0. The fourth-order valence-corrected chi connectivity index (χ4v) is 6.79. The lowest BCUT2D eigenvalue weighted by Gasteiger charge is -2.26. The number of nitrogens with zero attached hydrogens (tertiary/aromatic N) is 4. The molecule has 0 atom stereocenters. The molecule has 0 N–H and O–H groups in total. The Kier molecular flexibility index (Phi) is 16.4. The number of aryl methyl sites for hydroxylation is 2. The molecular formula is C49H66N4+2. The fourth-order valence-electron chi connectivity index (χ4n) is 6.79. The van der Waals surface area contributed by atoms with Gasteiger partial charge in [-0.15, -0.1) is 0 Å². The van der Waals surface area contributed by atoms with E-state index in [2.05, 4.69) is 182 Å². The number of rotatable bonds is 18. The lowest BCUT2D eigenvalue weighted by atomic mass is 10.1. The molecule has 0 heterocycles. The second-order valence-corrected chi connectivity index (χ2v) is 14.3. The van der Waals surface area contributed by atoms with Crippen molar-refractivity contribution in [2.45, 2.75) is 100 Å². The molecule has 0 bridgehead atoms. The van der Waals surface area contributed by atoms with Gasteiger partial charge in [0.25, 0.3) is 0 Å². The van der Waals surface area contributed by atoms with E-state index in [1.807, 2.05) is 0 Å². The zero-order valence-electron chi connectivity index (χ0n) is 32.8. The summed E-state index contributed by atoms with van der Waals surface area (Å²) in [7, 11) is 0. The van der Waals surface area contributed by atoms with E-state index in [9.17, 15) is 0 Å². The van der Waals surface area contributed by atoms with Gasteiger partial charge in [-0.25, -0.2) is 4.58 Å². The van der Waals surface area contributed by atoms with Gasteiger partial charge in [0.2, 0.25) is 17.1 Å². The van der Waals surface area contributed by atoms with E-state index in [1.165, 1.54) is 73.9 Å². The van der Waals surface area contributed by atoms with Crippen molar-refractivity contribution in [2.75, 3.05) is 36.0 Å². The van der Waals surface area contributed by atoms with Gasteiger partial charge in [-0.05, 0) is 75.2 Å². The first kappa shape index (κ1) is 41.1. The topological polar surface area (TPSA) is 12.5 Å². The number of hydrogen-bond acceptors (Lipinski definition) is 2. The number of hydrogen-bond donors (Lipinski definition) is 0. The molecule has 1 aliphatic carbocycles. The Morgan fingerprint density at radius 3 is 1.19 bits per heavy atom. The summed E-state index contributed by atoms with van der Waals surface area (Å²) >= 11 is 0. The van der Waals surface area contributed by atoms with Crippen LogP contribution in [0.3, 0.4) is 0 Å². The highest BCUT2D eigenvalue weighted by molar-refractivity contribution is 6.18. The number of allylic oxidation sites excluding steroid dienone is 4. The highest BCUT2D eigenvalue weighted by atomic mass is 15.1. The first-order valence-electron chi connectivity index (χ1n) is 20.0. The van der Waals surface area contributed by atoms with Crippen LogP contribution in [0.2, 0.25) is 0 Å². The smallest absolute Gasteiger partial charge is 0.212 e. The second-order valence-electron chi connectivity index (χ2n) is 14.3. The van der Waals surface area contributed by atoms with Crippen LogP contribution in [0.4, 0.5) is 34.1 Å². The number of anilines is 4. The molecule has 5 rings (SSSR count). The third-order valence-electron chi connectivity index (χ3n) is 10.0. The van der Waals surface area contributed by atoms with Crippen molar-refractivity contribution in [3.8, 4) is 0 Å². The normalized spacial score (nSPS) is 12.1. The lowest BCUT2D eigenvalue weighted by molar-refractivity contribution is -0.527. The minimum Gasteiger partial charge on any atom is -0.372 e. The van der Waals surface area contributed by atoms with E-state index in [-0.39, 0.29) is 7.43 Å². The standard InChI is InChI=1S/C48H62N4.CH4/c1-7-11-35-49(36-12-8-2)41-23-27-45(28-24-41)52(46-29-25-42(26-30-46)50(37-13-9-3)38-14-10-4)48-33-31-47(32-34-48)51(43-19-15-39(5)16-20-43)44-21-17-40(6)18-22-44;/h15-34H,7-14,35-38H2,1-6H3;1H4/q+2;. The molecule has 0 unspecified atom stereocenters. The zero-order chi connectivity index (χ0) is 36.7. The van der Waals surface area contributed by atoms with Gasteiger partial charge in [-0.2, -0.15) is 4.58 Å². The van der Waals surface area contributed by atoms with Crippen molar-refractivity contribution >= 4 is 45.5 Å². The van der Waals surface area contributed by atoms with Gasteiger partial charge in [0.1, 0.15) is 13.1 Å². The molecule has 53 heavy (non-hydrogen) atoms. The molecule has 0 aromatic heterocycles. The Morgan fingerprint density at radius 2 is 0.792 bits per heavy atom. The largest absolute Gasteiger partial charge is 0.372 e. The summed E-state index contributed by atoms with van der Waals surface area (Å²) in [6, 6.07) is 36.0. The van der Waals surface area contributed by atoms with Crippen LogP contribution in [0.5, 0.6) is 0 Å². The van der Waals surface area contributed by atoms with E-state index >= 15 is 0 Å². The molecule has 0 spiro atoms. The lowest BCUT2D eigenvalue weighted by Crippen LogP contribution is -2.25. The van der Waals surface area contributed by atoms with E-state index in [0.717, 1.165) is 60.3 Å². The molecule has 4 aromatic rings. The average Bonchev–Trinajstić information content (AvgIpc) is 3.18. The highest BCUT2D eigenvalue weighted by Crippen LogP contribution is 2.36. The second kappa shape index (κ2) is 21.1. The van der Waals surface area contributed by atoms with Gasteiger partial charge in [0.05, 0.1) is 0 Å². The predicted molar refractivity (Wildman–Crippen MR) is 235 cm³/mol. The Morgan fingerprint density at radius 1 is 0.434 bits per heavy atom. The average molecular weight is 711 g/mol. The Balaban J connectivity index is 0.00000627. The van der Waals surface area contributed by atoms with E-state index in [1.54, 1.807) is 0 Å². The molecular weight excluding hydrogens is 645 g/mol. The van der Waals surface area contributed by atoms with E-state index in [4.69, 9.17) is 0 Å². The van der Waals surface area contributed by atoms with E-state index < -0.39 is 0 Å². The Labute approximate surface area is 322 Å². The van der Waals surface area contributed by atoms with Gasteiger partial charge < -0.3 is 9.80 Å². The van der Waals surface area contributed by atoms with Crippen molar-refractivity contribution in [2.24, 2.45) is 0 Å². The van der Waals surface area contributed by atoms with Crippen molar-refractivity contribution < 1.29 is 4.58 Å². The molecule has 4 heteroatoms. The summed E-state index contributed by atoms with van der Waals surface area (Å²) in [5, 5.41) is 0. The van der Waals surface area contributed by atoms with Crippen molar-refractivity contribution in [1.82, 2.24) is 4.58 Å². The maximum absolute atomic E-state index is 2.57. The van der Waals surface area contributed by atoms with Crippen molar-refractivity contribution in [1.29, 1.82) is 0 Å². The maximum Gasteiger partial charge on any atom is 0.212 e. The third kappa shape index (κ3) is 11.2. The highest BCUT2D eigenvalue weighted by Gasteiger charge is 2.23. The summed E-state index contributed by atoms with van der Waals surface area (Å²) in [6.45, 7) is 17.8. The Bertz CT molecular complexity index is 1730. The molecule has 0 fully saturated rings. The summed E-state index contributed by atoms with van der Waals surface area (Å²) in [5.74, 6) is 0. The molecule has 1 aliphatic rings. The Hall–Kier alpha value is -4.70. The van der Waals surface area contributed by atoms with Gasteiger partial charge >= 0.3 is 0 Å². The van der Waals surface area contributed by atoms with Crippen LogP contribution in [0.1, 0.15) is 97.6 Å². The van der Waals surface area contributed by atoms with Crippen LogP contribution >= 0.6 is 0 Å². The minimum atomic E-state index is 0. The minimum absolute atomic E-state index is 0. The molecule has 0 amide bonds.